The van der Waals surface area contributed by atoms with Crippen molar-refractivity contribution < 1.29 is 28.6 Å². The minimum Gasteiger partial charge on any atom is -0.493 e. The van der Waals surface area contributed by atoms with Gasteiger partial charge in [-0.1, -0.05) is 30.3 Å². The summed E-state index contributed by atoms with van der Waals surface area (Å²) in [6.45, 7) is 4.48. The van der Waals surface area contributed by atoms with Crippen molar-refractivity contribution in [3.05, 3.63) is 59.7 Å². The van der Waals surface area contributed by atoms with Gasteiger partial charge in [0, 0.05) is 11.6 Å². The predicted octanol–water partition coefficient (Wildman–Crippen LogP) is 3.35. The van der Waals surface area contributed by atoms with Crippen LogP contribution in [0.2, 0.25) is 0 Å². The quantitative estimate of drug-likeness (QED) is 0.437. The Morgan fingerprint density at radius 1 is 1.00 bits per heavy atom. The summed E-state index contributed by atoms with van der Waals surface area (Å²) in [5, 5.41) is 2.86. The van der Waals surface area contributed by atoms with Crippen LogP contribution in [0.5, 0.6) is 11.5 Å². The lowest BCUT2D eigenvalue weighted by Gasteiger charge is -2.18. The maximum absolute atomic E-state index is 12.3. The maximum Gasteiger partial charge on any atom is 0.344 e. The van der Waals surface area contributed by atoms with Gasteiger partial charge in [0.25, 0.3) is 5.91 Å². The molecular weight excluding hydrogens is 398 g/mol. The van der Waals surface area contributed by atoms with E-state index in [0.717, 1.165) is 12.8 Å². The van der Waals surface area contributed by atoms with E-state index in [0.29, 0.717) is 17.1 Å². The zero-order chi connectivity index (χ0) is 22.8. The van der Waals surface area contributed by atoms with E-state index in [1.165, 1.54) is 32.6 Å². The van der Waals surface area contributed by atoms with E-state index in [-0.39, 0.29) is 17.7 Å². The molecule has 7 heteroatoms. The third-order valence-electron chi connectivity index (χ3n) is 4.69. The van der Waals surface area contributed by atoms with E-state index in [1.807, 2.05) is 37.3 Å². The molecule has 2 atom stereocenters. The zero-order valence-corrected chi connectivity index (χ0v) is 18.3. The summed E-state index contributed by atoms with van der Waals surface area (Å²) < 4.78 is 15.8. The Labute approximate surface area is 182 Å². The van der Waals surface area contributed by atoms with E-state index < -0.39 is 18.7 Å². The number of esters is 1. The van der Waals surface area contributed by atoms with Crippen molar-refractivity contribution >= 4 is 17.7 Å². The number of carbonyl (C=O) groups is 3. The van der Waals surface area contributed by atoms with E-state index in [2.05, 4.69) is 5.32 Å². The van der Waals surface area contributed by atoms with Crippen LogP contribution in [-0.4, -0.2) is 43.5 Å². The van der Waals surface area contributed by atoms with E-state index >= 15 is 0 Å². The molecule has 1 amide bonds. The summed E-state index contributed by atoms with van der Waals surface area (Å²) >= 11 is 0. The molecule has 2 aromatic rings. The lowest BCUT2D eigenvalue weighted by Crippen LogP contribution is -2.41. The third kappa shape index (κ3) is 7.77. The molecule has 166 valence electrons. The van der Waals surface area contributed by atoms with Gasteiger partial charge in [-0.3, -0.25) is 9.59 Å². The summed E-state index contributed by atoms with van der Waals surface area (Å²) in [5.41, 5.74) is 1.67. The lowest BCUT2D eigenvalue weighted by atomic mass is 10.1. The van der Waals surface area contributed by atoms with Gasteiger partial charge in [-0.2, -0.15) is 0 Å². The molecule has 0 aliphatic heterocycles. The first-order valence-electron chi connectivity index (χ1n) is 10.2. The van der Waals surface area contributed by atoms with E-state index in [4.69, 9.17) is 14.2 Å². The first-order valence-corrected chi connectivity index (χ1v) is 10.2. The minimum atomic E-state index is -0.947. The Hall–Kier alpha value is -3.35. The second-order valence-electron chi connectivity index (χ2n) is 7.28. The van der Waals surface area contributed by atoms with Gasteiger partial charge < -0.3 is 19.5 Å². The van der Waals surface area contributed by atoms with Crippen molar-refractivity contribution in [2.24, 2.45) is 0 Å². The molecule has 2 rings (SSSR count). The minimum absolute atomic E-state index is 0.0610. The van der Waals surface area contributed by atoms with Crippen LogP contribution in [0.3, 0.4) is 0 Å². The lowest BCUT2D eigenvalue weighted by molar-refractivity contribution is -0.156. The Bertz CT molecular complexity index is 896. The Kier molecular flexibility index (Phi) is 9.06. The number of ether oxygens (including phenoxy) is 3. The summed E-state index contributed by atoms with van der Waals surface area (Å²) in [6, 6.07) is 14.6. The van der Waals surface area contributed by atoms with Crippen molar-refractivity contribution in [1.82, 2.24) is 5.32 Å². The van der Waals surface area contributed by atoms with E-state index in [9.17, 15) is 14.4 Å². The molecule has 2 aromatic carbocycles. The molecule has 31 heavy (non-hydrogen) atoms. The fourth-order valence-electron chi connectivity index (χ4n) is 2.89. The SMILES string of the molecule is COc1cc(C(C)=O)ccc1OCC(=O)O[C@@H](C)C(=O)N[C@H](C)CCc1ccccc1. The molecule has 0 saturated heterocycles. The molecule has 0 bridgehead atoms. The van der Waals surface area contributed by atoms with Crippen LogP contribution in [0.1, 0.15) is 43.1 Å². The van der Waals surface area contributed by atoms with Crippen LogP contribution >= 0.6 is 0 Å². The smallest absolute Gasteiger partial charge is 0.344 e. The highest BCUT2D eigenvalue weighted by atomic mass is 16.6. The normalized spacial score (nSPS) is 12.4. The number of carbonyl (C=O) groups excluding carboxylic acids is 3. The number of hydrogen-bond acceptors (Lipinski definition) is 6. The first-order chi connectivity index (χ1) is 14.8. The second kappa shape index (κ2) is 11.7. The second-order valence-corrected chi connectivity index (χ2v) is 7.28. The van der Waals surface area contributed by atoms with Gasteiger partial charge in [-0.05, 0) is 57.4 Å². The molecule has 0 radical (unpaired) electrons. The monoisotopic (exact) mass is 427 g/mol. The number of aryl methyl sites for hydroxylation is 1. The van der Waals surface area contributed by atoms with E-state index in [1.54, 1.807) is 12.1 Å². The molecule has 1 N–H and O–H groups in total. The first kappa shape index (κ1) is 23.9. The highest BCUT2D eigenvalue weighted by molar-refractivity contribution is 5.94. The molecule has 0 heterocycles. The van der Waals surface area contributed by atoms with Gasteiger partial charge >= 0.3 is 5.97 Å². The highest BCUT2D eigenvalue weighted by Crippen LogP contribution is 2.28. The van der Waals surface area contributed by atoms with Crippen LogP contribution in [0.4, 0.5) is 0 Å². The third-order valence-corrected chi connectivity index (χ3v) is 4.69. The highest BCUT2D eigenvalue weighted by Gasteiger charge is 2.20. The molecule has 0 aromatic heterocycles. The predicted molar refractivity (Wildman–Crippen MR) is 116 cm³/mol. The molecule has 0 fully saturated rings. The van der Waals surface area contributed by atoms with Crippen LogP contribution in [0.15, 0.2) is 48.5 Å². The van der Waals surface area contributed by atoms with Crippen LogP contribution < -0.4 is 14.8 Å². The number of ketones is 1. The number of amides is 1. The largest absolute Gasteiger partial charge is 0.493 e. The summed E-state index contributed by atoms with van der Waals surface area (Å²) in [6.07, 6.45) is 0.668. The van der Waals surface area contributed by atoms with Crippen molar-refractivity contribution in [3.8, 4) is 11.5 Å². The van der Waals surface area contributed by atoms with Gasteiger partial charge in [0.15, 0.2) is 30.0 Å². The number of hydrogen-bond donors (Lipinski definition) is 1. The molecule has 0 saturated carbocycles. The molecule has 7 nitrogen and oxygen atoms in total. The number of rotatable bonds is 11. The van der Waals surface area contributed by atoms with Crippen LogP contribution in [0.25, 0.3) is 0 Å². The van der Waals surface area contributed by atoms with Crippen molar-refractivity contribution in [3.63, 3.8) is 0 Å². The standard InChI is InChI=1S/C24H29NO6/c1-16(10-11-19-8-6-5-7-9-19)25-24(28)18(3)31-23(27)15-30-21-13-12-20(17(2)26)14-22(21)29-4/h5-9,12-14,16,18H,10-11,15H2,1-4H3,(H,25,28)/t16-,18+/m1/s1. The summed E-state index contributed by atoms with van der Waals surface area (Å²) in [7, 11) is 1.44. The maximum atomic E-state index is 12.3. The number of nitrogens with one attached hydrogen (secondary N) is 1. The number of Topliss-reactive ketones (excluding diaryl/α,β-unsaturated/α-hetero) is 1. The van der Waals surface area contributed by atoms with Gasteiger partial charge in [-0.15, -0.1) is 0 Å². The molecule has 0 aliphatic carbocycles. The fraction of sp³-hybridized carbons (Fsp3) is 0.375. The zero-order valence-electron chi connectivity index (χ0n) is 18.3. The van der Waals surface area contributed by atoms with Gasteiger partial charge in [-0.25, -0.2) is 4.79 Å². The van der Waals surface area contributed by atoms with Gasteiger partial charge in [0.05, 0.1) is 7.11 Å². The van der Waals surface area contributed by atoms with Crippen LogP contribution in [0, 0.1) is 0 Å². The topological polar surface area (TPSA) is 90.9 Å². The Morgan fingerprint density at radius 3 is 2.35 bits per heavy atom. The average Bonchev–Trinajstić information content (AvgIpc) is 2.76. The van der Waals surface area contributed by atoms with Crippen molar-refractivity contribution in [2.75, 3.05) is 13.7 Å². The van der Waals surface area contributed by atoms with Gasteiger partial charge in [0.2, 0.25) is 0 Å². The fourth-order valence-corrected chi connectivity index (χ4v) is 2.89. The van der Waals surface area contributed by atoms with Crippen molar-refractivity contribution in [2.45, 2.75) is 45.8 Å². The Morgan fingerprint density at radius 2 is 1.71 bits per heavy atom. The average molecular weight is 427 g/mol. The number of benzene rings is 2. The molecule has 0 unspecified atom stereocenters. The van der Waals surface area contributed by atoms with Crippen molar-refractivity contribution in [1.29, 1.82) is 0 Å². The van der Waals surface area contributed by atoms with Gasteiger partial charge in [0.1, 0.15) is 0 Å². The molecule has 0 spiro atoms. The number of methoxy groups -OCH3 is 1. The molecular formula is C24H29NO6. The Balaban J connectivity index is 1.78. The summed E-state index contributed by atoms with van der Waals surface area (Å²) in [5.74, 6) is -0.522. The summed E-state index contributed by atoms with van der Waals surface area (Å²) in [4.78, 5) is 35.8. The van der Waals surface area contributed by atoms with Crippen LogP contribution in [-0.2, 0) is 20.7 Å². The molecule has 0 aliphatic rings.